The Kier molecular flexibility index (Phi) is 6.59. The van der Waals surface area contributed by atoms with Crippen molar-refractivity contribution in [3.63, 3.8) is 0 Å². The van der Waals surface area contributed by atoms with E-state index in [0.717, 1.165) is 57.2 Å². The molecule has 2 heterocycles. The molecule has 0 bridgehead atoms. The summed E-state index contributed by atoms with van der Waals surface area (Å²) in [5.41, 5.74) is 2.41. The first-order chi connectivity index (χ1) is 14.2. The minimum Gasteiger partial charge on any atom is -0.363 e. The van der Waals surface area contributed by atoms with Gasteiger partial charge < -0.3 is 15.5 Å². The van der Waals surface area contributed by atoms with E-state index in [1.165, 1.54) is 15.6 Å². The summed E-state index contributed by atoms with van der Waals surface area (Å²) >= 11 is 6.94. The molecular weight excluding hydrogens is 398 g/mol. The van der Waals surface area contributed by atoms with E-state index in [4.69, 9.17) is 16.6 Å². The van der Waals surface area contributed by atoms with Gasteiger partial charge in [-0.1, -0.05) is 30.3 Å². The van der Waals surface area contributed by atoms with Crippen molar-refractivity contribution in [3.8, 4) is 0 Å². The van der Waals surface area contributed by atoms with Gasteiger partial charge in [0.1, 0.15) is 5.82 Å². The fraction of sp³-hybridized carbons (Fsp3) is 0.364. The van der Waals surface area contributed by atoms with Crippen LogP contribution in [-0.2, 0) is 6.42 Å². The van der Waals surface area contributed by atoms with Crippen LogP contribution in [0.3, 0.4) is 0 Å². The van der Waals surface area contributed by atoms with Crippen LogP contribution in [0.25, 0.3) is 10.1 Å². The lowest BCUT2D eigenvalue weighted by molar-refractivity contribution is 0.261. The molecule has 7 heteroatoms. The van der Waals surface area contributed by atoms with Gasteiger partial charge in [0.15, 0.2) is 5.11 Å². The standard InChI is InChI=1S/C22H27N5S2/c1-2-23-22(28)24-19-9-5-3-7-17(19)11-12-26-13-15-27(16-14-26)21-18-8-4-6-10-20(18)29-25-21/h3-10H,2,11-16H2,1H3,(H2,23,24,28). The second-order valence-electron chi connectivity index (χ2n) is 7.22. The van der Waals surface area contributed by atoms with E-state index >= 15 is 0 Å². The number of nitrogens with one attached hydrogen (secondary N) is 2. The molecule has 1 aromatic heterocycles. The van der Waals surface area contributed by atoms with Gasteiger partial charge >= 0.3 is 0 Å². The fourth-order valence-electron chi connectivity index (χ4n) is 3.75. The Morgan fingerprint density at radius 2 is 1.83 bits per heavy atom. The van der Waals surface area contributed by atoms with Crippen LogP contribution in [0.4, 0.5) is 11.5 Å². The van der Waals surface area contributed by atoms with Gasteiger partial charge in [-0.05, 0) is 60.9 Å². The predicted octanol–water partition coefficient (Wildman–Crippen LogP) is 3.97. The Labute approximate surface area is 181 Å². The number of hydrogen-bond donors (Lipinski definition) is 2. The Morgan fingerprint density at radius 3 is 2.66 bits per heavy atom. The maximum absolute atomic E-state index is 5.35. The van der Waals surface area contributed by atoms with Crippen molar-refractivity contribution in [1.82, 2.24) is 14.6 Å². The Bertz CT molecular complexity index is 963. The minimum absolute atomic E-state index is 0.684. The maximum Gasteiger partial charge on any atom is 0.170 e. The van der Waals surface area contributed by atoms with Crippen molar-refractivity contribution < 1.29 is 0 Å². The fourth-order valence-corrected chi connectivity index (χ4v) is 4.80. The van der Waals surface area contributed by atoms with Crippen LogP contribution in [0.1, 0.15) is 12.5 Å². The number of thiocarbonyl (C=S) groups is 1. The van der Waals surface area contributed by atoms with E-state index in [0.29, 0.717) is 5.11 Å². The molecule has 0 aliphatic carbocycles. The molecule has 1 saturated heterocycles. The van der Waals surface area contributed by atoms with Crippen molar-refractivity contribution >= 4 is 50.5 Å². The number of fused-ring (bicyclic) bond motifs is 1. The Balaban J connectivity index is 1.32. The van der Waals surface area contributed by atoms with E-state index in [2.05, 4.69) is 69.0 Å². The Morgan fingerprint density at radius 1 is 1.07 bits per heavy atom. The quantitative estimate of drug-likeness (QED) is 0.583. The molecule has 1 fully saturated rings. The number of benzene rings is 2. The lowest BCUT2D eigenvalue weighted by atomic mass is 10.1. The lowest BCUT2D eigenvalue weighted by Crippen LogP contribution is -2.47. The van der Waals surface area contributed by atoms with E-state index < -0.39 is 0 Å². The van der Waals surface area contributed by atoms with E-state index in [-0.39, 0.29) is 0 Å². The average molecular weight is 426 g/mol. The molecule has 2 aromatic carbocycles. The topological polar surface area (TPSA) is 43.4 Å². The average Bonchev–Trinajstić information content (AvgIpc) is 3.18. The molecule has 5 nitrogen and oxygen atoms in total. The van der Waals surface area contributed by atoms with Gasteiger partial charge in [0.2, 0.25) is 0 Å². The number of rotatable bonds is 6. The molecule has 0 radical (unpaired) electrons. The van der Waals surface area contributed by atoms with Gasteiger partial charge in [-0.25, -0.2) is 0 Å². The Hall–Kier alpha value is -2.22. The zero-order chi connectivity index (χ0) is 20.1. The first-order valence-electron chi connectivity index (χ1n) is 10.2. The van der Waals surface area contributed by atoms with Crippen LogP contribution < -0.4 is 15.5 Å². The van der Waals surface area contributed by atoms with Crippen LogP contribution in [0, 0.1) is 0 Å². The first kappa shape index (κ1) is 20.1. The highest BCUT2D eigenvalue weighted by molar-refractivity contribution is 7.80. The summed E-state index contributed by atoms with van der Waals surface area (Å²) in [6, 6.07) is 17.0. The highest BCUT2D eigenvalue weighted by atomic mass is 32.1. The van der Waals surface area contributed by atoms with Gasteiger partial charge in [0, 0.05) is 50.3 Å². The summed E-state index contributed by atoms with van der Waals surface area (Å²) in [5, 5.41) is 8.45. The minimum atomic E-state index is 0.684. The van der Waals surface area contributed by atoms with Gasteiger partial charge in [0.25, 0.3) is 0 Å². The molecule has 1 aliphatic heterocycles. The van der Waals surface area contributed by atoms with Crippen LogP contribution in [0.2, 0.25) is 0 Å². The van der Waals surface area contributed by atoms with Crippen molar-refractivity contribution in [3.05, 3.63) is 54.1 Å². The van der Waals surface area contributed by atoms with E-state index in [1.54, 1.807) is 11.5 Å². The summed E-state index contributed by atoms with van der Waals surface area (Å²) < 4.78 is 5.98. The molecule has 2 N–H and O–H groups in total. The third-order valence-electron chi connectivity index (χ3n) is 5.33. The lowest BCUT2D eigenvalue weighted by Gasteiger charge is -2.35. The third-order valence-corrected chi connectivity index (χ3v) is 6.39. The molecule has 0 spiro atoms. The van der Waals surface area contributed by atoms with Crippen LogP contribution in [-0.4, -0.2) is 53.7 Å². The number of nitrogens with zero attached hydrogens (tertiary/aromatic N) is 3. The summed E-state index contributed by atoms with van der Waals surface area (Å²) in [6.07, 6.45) is 1.01. The molecule has 3 aromatic rings. The molecule has 0 unspecified atom stereocenters. The highest BCUT2D eigenvalue weighted by Gasteiger charge is 2.20. The predicted molar refractivity (Wildman–Crippen MR) is 128 cm³/mol. The van der Waals surface area contributed by atoms with Gasteiger partial charge in [-0.2, -0.15) is 4.37 Å². The number of aromatic nitrogens is 1. The molecule has 0 saturated carbocycles. The normalized spacial score (nSPS) is 14.9. The zero-order valence-corrected chi connectivity index (χ0v) is 18.4. The second-order valence-corrected chi connectivity index (χ2v) is 8.44. The van der Waals surface area contributed by atoms with Crippen molar-refractivity contribution in [2.75, 3.05) is 49.5 Å². The first-order valence-corrected chi connectivity index (χ1v) is 11.4. The molecule has 1 aliphatic rings. The largest absolute Gasteiger partial charge is 0.363 e. The number of para-hydroxylation sites is 1. The molecule has 152 valence electrons. The molecule has 4 rings (SSSR count). The second kappa shape index (κ2) is 9.52. The zero-order valence-electron chi connectivity index (χ0n) is 16.7. The summed E-state index contributed by atoms with van der Waals surface area (Å²) in [4.78, 5) is 4.98. The molecule has 0 amide bonds. The third kappa shape index (κ3) is 4.86. The van der Waals surface area contributed by atoms with Crippen molar-refractivity contribution in [1.29, 1.82) is 0 Å². The monoisotopic (exact) mass is 425 g/mol. The van der Waals surface area contributed by atoms with Crippen LogP contribution in [0.15, 0.2) is 48.5 Å². The summed E-state index contributed by atoms with van der Waals surface area (Å²) in [5.74, 6) is 1.15. The smallest absolute Gasteiger partial charge is 0.170 e. The highest BCUT2D eigenvalue weighted by Crippen LogP contribution is 2.29. The van der Waals surface area contributed by atoms with Gasteiger partial charge in [-0.3, -0.25) is 4.90 Å². The van der Waals surface area contributed by atoms with E-state index in [1.807, 2.05) is 6.92 Å². The molecule has 29 heavy (non-hydrogen) atoms. The summed E-state index contributed by atoms with van der Waals surface area (Å²) in [7, 11) is 0. The maximum atomic E-state index is 5.35. The SMILES string of the molecule is CCNC(=S)Nc1ccccc1CCN1CCN(c2nsc3ccccc23)CC1. The number of piperazine rings is 1. The van der Waals surface area contributed by atoms with Gasteiger partial charge in [-0.15, -0.1) is 0 Å². The molecular formula is C22H27N5S2. The van der Waals surface area contributed by atoms with E-state index in [9.17, 15) is 0 Å². The number of hydrogen-bond acceptors (Lipinski definition) is 5. The number of anilines is 2. The van der Waals surface area contributed by atoms with Gasteiger partial charge in [0.05, 0.1) is 4.70 Å². The summed E-state index contributed by atoms with van der Waals surface area (Å²) in [6.45, 7) is 8.11. The van der Waals surface area contributed by atoms with Crippen molar-refractivity contribution in [2.45, 2.75) is 13.3 Å². The van der Waals surface area contributed by atoms with Crippen LogP contribution >= 0.6 is 23.8 Å². The van der Waals surface area contributed by atoms with Crippen LogP contribution in [0.5, 0.6) is 0 Å². The van der Waals surface area contributed by atoms with Crippen molar-refractivity contribution in [2.24, 2.45) is 0 Å². The molecule has 0 atom stereocenters.